The summed E-state index contributed by atoms with van der Waals surface area (Å²) in [5.41, 5.74) is 5.89. The van der Waals surface area contributed by atoms with Crippen molar-refractivity contribution < 1.29 is 4.79 Å². The van der Waals surface area contributed by atoms with Crippen molar-refractivity contribution in [2.75, 3.05) is 19.6 Å². The van der Waals surface area contributed by atoms with Gasteiger partial charge in [-0.3, -0.25) is 9.69 Å². The Hall–Kier alpha value is -0.610. The van der Waals surface area contributed by atoms with Crippen molar-refractivity contribution in [1.82, 2.24) is 10.2 Å². The van der Waals surface area contributed by atoms with E-state index in [0.717, 1.165) is 19.0 Å². The van der Waals surface area contributed by atoms with Crippen LogP contribution in [0.25, 0.3) is 0 Å². The van der Waals surface area contributed by atoms with Gasteiger partial charge in [0.05, 0.1) is 6.04 Å². The van der Waals surface area contributed by atoms with E-state index in [0.29, 0.717) is 18.5 Å². The Morgan fingerprint density at radius 2 is 1.75 bits per heavy atom. The van der Waals surface area contributed by atoms with Gasteiger partial charge < -0.3 is 11.1 Å². The quantitative estimate of drug-likeness (QED) is 0.782. The molecule has 1 heterocycles. The number of carbonyl (C=O) groups excluding carboxylic acids is 1. The van der Waals surface area contributed by atoms with Gasteiger partial charge >= 0.3 is 0 Å². The minimum atomic E-state index is -0.399. The SMILES string of the molecule is CC1CCN(C(CNC(=O)[C@@H](N)C(C)C)C(C)C)CC1. The van der Waals surface area contributed by atoms with E-state index in [4.69, 9.17) is 5.73 Å². The second-order valence-electron chi connectivity index (χ2n) is 7.04. The van der Waals surface area contributed by atoms with Gasteiger partial charge in [-0.15, -0.1) is 0 Å². The molecule has 1 saturated heterocycles. The molecule has 1 rings (SSSR count). The van der Waals surface area contributed by atoms with Crippen LogP contribution in [0.2, 0.25) is 0 Å². The largest absolute Gasteiger partial charge is 0.353 e. The minimum absolute atomic E-state index is 0.0176. The lowest BCUT2D eigenvalue weighted by Gasteiger charge is -2.39. The molecule has 118 valence electrons. The van der Waals surface area contributed by atoms with E-state index >= 15 is 0 Å². The summed E-state index contributed by atoms with van der Waals surface area (Å²) in [6.07, 6.45) is 2.53. The first-order valence-electron chi connectivity index (χ1n) is 8.10. The summed E-state index contributed by atoms with van der Waals surface area (Å²) in [4.78, 5) is 14.5. The second-order valence-corrected chi connectivity index (χ2v) is 7.04. The third kappa shape index (κ3) is 5.06. The number of nitrogens with one attached hydrogen (secondary N) is 1. The molecule has 1 amide bonds. The van der Waals surface area contributed by atoms with Crippen LogP contribution in [0.3, 0.4) is 0 Å². The third-order valence-electron chi connectivity index (χ3n) is 4.56. The number of hydrogen-bond donors (Lipinski definition) is 2. The summed E-state index contributed by atoms with van der Waals surface area (Å²) in [6.45, 7) is 13.8. The standard InChI is InChI=1S/C16H33N3O/c1-11(2)14(19-8-6-13(5)7-9-19)10-18-16(20)15(17)12(3)4/h11-15H,6-10,17H2,1-5H3,(H,18,20)/t14?,15-/m0/s1. The van der Waals surface area contributed by atoms with Gasteiger partial charge in [-0.1, -0.05) is 34.6 Å². The molecule has 0 aromatic heterocycles. The molecule has 0 aliphatic carbocycles. The third-order valence-corrected chi connectivity index (χ3v) is 4.56. The molecule has 0 saturated carbocycles. The van der Waals surface area contributed by atoms with Gasteiger partial charge in [0.1, 0.15) is 0 Å². The Morgan fingerprint density at radius 1 is 1.20 bits per heavy atom. The Balaban J connectivity index is 2.49. The van der Waals surface area contributed by atoms with Crippen LogP contribution in [0.1, 0.15) is 47.5 Å². The van der Waals surface area contributed by atoms with E-state index in [1.807, 2.05) is 13.8 Å². The number of carbonyl (C=O) groups is 1. The molecule has 0 radical (unpaired) electrons. The average Bonchev–Trinajstić information content (AvgIpc) is 2.39. The molecule has 3 N–H and O–H groups in total. The molecule has 0 bridgehead atoms. The number of nitrogens with two attached hydrogens (primary N) is 1. The average molecular weight is 283 g/mol. The van der Waals surface area contributed by atoms with Crippen molar-refractivity contribution in [3.05, 3.63) is 0 Å². The van der Waals surface area contributed by atoms with Crippen LogP contribution in [0.5, 0.6) is 0 Å². The van der Waals surface area contributed by atoms with Crippen molar-refractivity contribution in [2.24, 2.45) is 23.5 Å². The lowest BCUT2D eigenvalue weighted by molar-refractivity contribution is -0.123. The van der Waals surface area contributed by atoms with E-state index < -0.39 is 6.04 Å². The van der Waals surface area contributed by atoms with Gasteiger partial charge in [0.2, 0.25) is 5.91 Å². The van der Waals surface area contributed by atoms with Gasteiger partial charge in [0, 0.05) is 12.6 Å². The maximum Gasteiger partial charge on any atom is 0.237 e. The lowest BCUT2D eigenvalue weighted by Crippen LogP contribution is -2.52. The fourth-order valence-electron chi connectivity index (χ4n) is 2.77. The molecular weight excluding hydrogens is 250 g/mol. The summed E-state index contributed by atoms with van der Waals surface area (Å²) < 4.78 is 0. The first kappa shape index (κ1) is 17.4. The van der Waals surface area contributed by atoms with Crippen molar-refractivity contribution >= 4 is 5.91 Å². The number of nitrogens with zero attached hydrogens (tertiary/aromatic N) is 1. The zero-order valence-electron chi connectivity index (χ0n) is 13.9. The highest BCUT2D eigenvalue weighted by molar-refractivity contribution is 5.81. The predicted octanol–water partition coefficient (Wildman–Crippen LogP) is 1.84. The molecule has 4 nitrogen and oxygen atoms in total. The summed E-state index contributed by atoms with van der Waals surface area (Å²) in [5, 5.41) is 3.05. The molecule has 1 unspecified atom stereocenters. The lowest BCUT2D eigenvalue weighted by atomic mass is 9.94. The molecular formula is C16H33N3O. The Morgan fingerprint density at radius 3 is 2.20 bits per heavy atom. The summed E-state index contributed by atoms with van der Waals surface area (Å²) in [7, 11) is 0. The van der Waals surface area contributed by atoms with E-state index in [1.165, 1.54) is 12.8 Å². The molecule has 20 heavy (non-hydrogen) atoms. The van der Waals surface area contributed by atoms with Gasteiger partial charge in [-0.25, -0.2) is 0 Å². The van der Waals surface area contributed by atoms with Crippen molar-refractivity contribution in [3.63, 3.8) is 0 Å². The van der Waals surface area contributed by atoms with Crippen molar-refractivity contribution in [1.29, 1.82) is 0 Å². The zero-order chi connectivity index (χ0) is 15.3. The van der Waals surface area contributed by atoms with E-state index in [1.54, 1.807) is 0 Å². The molecule has 0 aromatic rings. The van der Waals surface area contributed by atoms with Crippen molar-refractivity contribution in [3.8, 4) is 0 Å². The van der Waals surface area contributed by atoms with Crippen LogP contribution in [0.15, 0.2) is 0 Å². The normalized spacial score (nSPS) is 21.2. The van der Waals surface area contributed by atoms with E-state index in [-0.39, 0.29) is 11.8 Å². The number of amides is 1. The van der Waals surface area contributed by atoms with Crippen LogP contribution >= 0.6 is 0 Å². The number of piperidine rings is 1. The highest BCUT2D eigenvalue weighted by Gasteiger charge is 2.26. The van der Waals surface area contributed by atoms with Crippen LogP contribution in [-0.2, 0) is 4.79 Å². The predicted molar refractivity (Wildman–Crippen MR) is 84.4 cm³/mol. The first-order valence-corrected chi connectivity index (χ1v) is 8.10. The summed E-state index contributed by atoms with van der Waals surface area (Å²) >= 11 is 0. The van der Waals surface area contributed by atoms with Gasteiger partial charge in [-0.05, 0) is 43.7 Å². The molecule has 2 atom stereocenters. The fourth-order valence-corrected chi connectivity index (χ4v) is 2.77. The monoisotopic (exact) mass is 283 g/mol. The van der Waals surface area contributed by atoms with E-state index in [2.05, 4.69) is 31.0 Å². The first-order chi connectivity index (χ1) is 9.32. The Kier molecular flexibility index (Phi) is 6.96. The molecule has 4 heteroatoms. The maximum absolute atomic E-state index is 12.0. The van der Waals surface area contributed by atoms with Crippen LogP contribution < -0.4 is 11.1 Å². The van der Waals surface area contributed by atoms with Crippen LogP contribution in [0.4, 0.5) is 0 Å². The molecule has 1 aliphatic heterocycles. The topological polar surface area (TPSA) is 58.4 Å². The Bertz CT molecular complexity index is 296. The highest BCUT2D eigenvalue weighted by Crippen LogP contribution is 2.21. The number of likely N-dealkylation sites (tertiary alicyclic amines) is 1. The molecule has 0 aromatic carbocycles. The van der Waals surface area contributed by atoms with Gasteiger partial charge in [0.25, 0.3) is 0 Å². The molecule has 1 fully saturated rings. The molecule has 1 aliphatic rings. The Labute approximate surface area is 124 Å². The molecule has 0 spiro atoms. The van der Waals surface area contributed by atoms with Crippen LogP contribution in [0, 0.1) is 17.8 Å². The fraction of sp³-hybridized carbons (Fsp3) is 0.938. The maximum atomic E-state index is 12.0. The van der Waals surface area contributed by atoms with E-state index in [9.17, 15) is 4.79 Å². The van der Waals surface area contributed by atoms with Gasteiger partial charge in [0.15, 0.2) is 0 Å². The smallest absolute Gasteiger partial charge is 0.237 e. The summed E-state index contributed by atoms with van der Waals surface area (Å²) in [6, 6.07) is 0.0232. The van der Waals surface area contributed by atoms with Gasteiger partial charge in [-0.2, -0.15) is 0 Å². The van der Waals surface area contributed by atoms with Crippen molar-refractivity contribution in [2.45, 2.75) is 59.5 Å². The zero-order valence-corrected chi connectivity index (χ0v) is 13.9. The second kappa shape index (κ2) is 7.99. The summed E-state index contributed by atoms with van der Waals surface area (Å²) in [5.74, 6) is 1.54. The number of hydrogen-bond acceptors (Lipinski definition) is 3. The highest BCUT2D eigenvalue weighted by atomic mass is 16.2. The number of rotatable bonds is 6. The minimum Gasteiger partial charge on any atom is -0.353 e. The van der Waals surface area contributed by atoms with Crippen LogP contribution in [-0.4, -0.2) is 42.5 Å².